The molecule has 2 aromatic carbocycles. The van der Waals surface area contributed by atoms with Gasteiger partial charge in [-0.2, -0.15) is 0 Å². The van der Waals surface area contributed by atoms with Crippen molar-refractivity contribution >= 4 is 28.2 Å². The molecule has 2 aromatic heterocycles. The number of thiazole rings is 1. The van der Waals surface area contributed by atoms with Crippen molar-refractivity contribution in [3.63, 3.8) is 0 Å². The quantitative estimate of drug-likeness (QED) is 0.338. The minimum Gasteiger partial charge on any atom is -0.493 e. The first-order valence-electron chi connectivity index (χ1n) is 9.95. The van der Waals surface area contributed by atoms with E-state index in [9.17, 15) is 18.0 Å². The van der Waals surface area contributed by atoms with Gasteiger partial charge in [0.05, 0.1) is 18.7 Å². The molecule has 0 saturated heterocycles. The topological polar surface area (TPSA) is 84.4 Å². The lowest BCUT2D eigenvalue weighted by Crippen LogP contribution is -2.16. The number of H-pyrrole nitrogens is 1. The van der Waals surface area contributed by atoms with Crippen LogP contribution >= 0.6 is 11.3 Å². The van der Waals surface area contributed by atoms with E-state index in [-0.39, 0.29) is 12.2 Å². The lowest BCUT2D eigenvalue weighted by molar-refractivity contribution is -0.274. The highest BCUT2D eigenvalue weighted by Crippen LogP contribution is 2.31. The Morgan fingerprint density at radius 2 is 1.88 bits per heavy atom. The van der Waals surface area contributed by atoms with E-state index in [1.807, 2.05) is 19.1 Å². The Hall–Kier alpha value is -3.53. The Kier molecular flexibility index (Phi) is 6.28. The van der Waals surface area contributed by atoms with E-state index < -0.39 is 12.3 Å². The highest BCUT2D eigenvalue weighted by molar-refractivity contribution is 7.15. The summed E-state index contributed by atoms with van der Waals surface area (Å²) in [6.07, 6.45) is -2.47. The van der Waals surface area contributed by atoms with Crippen molar-refractivity contribution in [2.45, 2.75) is 26.1 Å². The van der Waals surface area contributed by atoms with Gasteiger partial charge in [0.15, 0.2) is 0 Å². The Bertz CT molecular complexity index is 1280. The number of aromatic nitrogens is 2. The maximum absolute atomic E-state index is 12.3. The first-order chi connectivity index (χ1) is 15.7. The third-order valence-electron chi connectivity index (χ3n) is 4.91. The van der Waals surface area contributed by atoms with Crippen LogP contribution in [0.15, 0.2) is 48.7 Å². The number of ether oxygens (including phenoxy) is 2. The molecule has 0 spiro atoms. The highest BCUT2D eigenvalue weighted by Gasteiger charge is 2.31. The maximum Gasteiger partial charge on any atom is 0.573 e. The van der Waals surface area contributed by atoms with Crippen molar-refractivity contribution in [2.75, 3.05) is 6.61 Å². The molecule has 0 aliphatic heterocycles. The van der Waals surface area contributed by atoms with Gasteiger partial charge in [0, 0.05) is 40.0 Å². The predicted octanol–water partition coefficient (Wildman–Crippen LogP) is 5.75. The Morgan fingerprint density at radius 3 is 2.58 bits per heavy atom. The smallest absolute Gasteiger partial charge is 0.493 e. The standard InChI is InChI=1S/C23H19F3N2O4S/c1-13-20(33-22(28-13)14-2-4-16(5-3-14)32-23(24,25)26)8-9-31-17-6-7-18-15(10-21(29)30)12-27-19(18)11-17/h2-7,11-12,27H,8-10H2,1H3,(H,29,30). The van der Waals surface area contributed by atoms with Gasteiger partial charge < -0.3 is 19.6 Å². The number of nitrogens with zero attached hydrogens (tertiary/aromatic N) is 1. The second-order valence-corrected chi connectivity index (χ2v) is 8.37. The van der Waals surface area contributed by atoms with E-state index in [0.29, 0.717) is 29.3 Å². The van der Waals surface area contributed by atoms with Crippen molar-refractivity contribution in [3.05, 3.63) is 64.8 Å². The van der Waals surface area contributed by atoms with Crippen LogP contribution < -0.4 is 9.47 Å². The van der Waals surface area contributed by atoms with Gasteiger partial charge in [0.2, 0.25) is 0 Å². The zero-order valence-corrected chi connectivity index (χ0v) is 18.2. The van der Waals surface area contributed by atoms with Gasteiger partial charge in [0.25, 0.3) is 0 Å². The van der Waals surface area contributed by atoms with Crippen LogP contribution in [0.4, 0.5) is 13.2 Å². The number of fused-ring (bicyclic) bond motifs is 1. The van der Waals surface area contributed by atoms with Crippen LogP contribution in [-0.2, 0) is 17.6 Å². The molecule has 2 heterocycles. The number of nitrogens with one attached hydrogen (secondary N) is 1. The number of aromatic amines is 1. The summed E-state index contributed by atoms with van der Waals surface area (Å²) < 4.78 is 46.7. The fourth-order valence-electron chi connectivity index (χ4n) is 3.41. The van der Waals surface area contributed by atoms with Gasteiger partial charge in [-0.05, 0) is 48.9 Å². The summed E-state index contributed by atoms with van der Waals surface area (Å²) in [5, 5.41) is 10.5. The summed E-state index contributed by atoms with van der Waals surface area (Å²) in [6, 6.07) is 11.1. The summed E-state index contributed by atoms with van der Waals surface area (Å²) in [7, 11) is 0. The molecule has 0 radical (unpaired) electrons. The average molecular weight is 476 g/mol. The van der Waals surface area contributed by atoms with Crippen molar-refractivity contribution in [1.29, 1.82) is 0 Å². The number of carboxylic acid groups (broad SMARTS) is 1. The number of aryl methyl sites for hydroxylation is 1. The fourth-order valence-corrected chi connectivity index (χ4v) is 4.46. The summed E-state index contributed by atoms with van der Waals surface area (Å²) in [5.74, 6) is -0.503. The van der Waals surface area contributed by atoms with E-state index in [2.05, 4.69) is 14.7 Å². The molecular weight excluding hydrogens is 457 g/mol. The number of carboxylic acids is 1. The van der Waals surface area contributed by atoms with Crippen molar-refractivity contribution in [3.8, 4) is 22.1 Å². The Labute approximate surface area is 190 Å². The summed E-state index contributed by atoms with van der Waals surface area (Å²) in [5.41, 5.74) is 3.07. The van der Waals surface area contributed by atoms with E-state index in [0.717, 1.165) is 27.0 Å². The second kappa shape index (κ2) is 9.14. The molecule has 6 nitrogen and oxygen atoms in total. The van der Waals surface area contributed by atoms with Crippen LogP contribution in [0.25, 0.3) is 21.5 Å². The number of alkyl halides is 3. The zero-order valence-electron chi connectivity index (χ0n) is 17.4. The molecule has 4 rings (SSSR count). The SMILES string of the molecule is Cc1nc(-c2ccc(OC(F)(F)F)cc2)sc1CCOc1ccc2c(CC(=O)O)c[nH]c2c1. The molecule has 0 aliphatic rings. The molecule has 0 unspecified atom stereocenters. The number of carbonyl (C=O) groups is 1. The van der Waals surface area contributed by atoms with Gasteiger partial charge in [-0.3, -0.25) is 4.79 Å². The molecule has 33 heavy (non-hydrogen) atoms. The van der Waals surface area contributed by atoms with E-state index in [4.69, 9.17) is 9.84 Å². The summed E-state index contributed by atoms with van der Waals surface area (Å²) in [6.45, 7) is 2.29. The first-order valence-corrected chi connectivity index (χ1v) is 10.8. The fraction of sp³-hybridized carbons (Fsp3) is 0.217. The Morgan fingerprint density at radius 1 is 1.15 bits per heavy atom. The molecule has 10 heteroatoms. The van der Waals surface area contributed by atoms with Gasteiger partial charge in [-0.1, -0.05) is 0 Å². The second-order valence-electron chi connectivity index (χ2n) is 7.29. The number of hydrogen-bond acceptors (Lipinski definition) is 5. The molecule has 0 aliphatic carbocycles. The predicted molar refractivity (Wildman–Crippen MR) is 118 cm³/mol. The molecule has 0 bridgehead atoms. The zero-order chi connectivity index (χ0) is 23.6. The number of hydrogen-bond donors (Lipinski definition) is 2. The minimum atomic E-state index is -4.72. The van der Waals surface area contributed by atoms with Crippen LogP contribution in [0.1, 0.15) is 16.1 Å². The van der Waals surface area contributed by atoms with Crippen LogP contribution in [0.3, 0.4) is 0 Å². The maximum atomic E-state index is 12.3. The van der Waals surface area contributed by atoms with Crippen LogP contribution in [0.2, 0.25) is 0 Å². The monoisotopic (exact) mass is 476 g/mol. The number of halogens is 3. The molecule has 0 amide bonds. The van der Waals surface area contributed by atoms with Crippen LogP contribution in [0, 0.1) is 6.92 Å². The Balaban J connectivity index is 1.38. The summed E-state index contributed by atoms with van der Waals surface area (Å²) in [4.78, 5) is 19.6. The minimum absolute atomic E-state index is 0.0503. The van der Waals surface area contributed by atoms with Gasteiger partial charge in [-0.25, -0.2) is 4.98 Å². The average Bonchev–Trinajstić information content (AvgIpc) is 3.30. The lowest BCUT2D eigenvalue weighted by atomic mass is 10.1. The van der Waals surface area contributed by atoms with E-state index >= 15 is 0 Å². The number of benzene rings is 2. The molecule has 2 N–H and O–H groups in total. The van der Waals surface area contributed by atoms with Crippen molar-refractivity contribution in [1.82, 2.24) is 9.97 Å². The lowest BCUT2D eigenvalue weighted by Gasteiger charge is -2.08. The van der Waals surface area contributed by atoms with Crippen LogP contribution in [0.5, 0.6) is 11.5 Å². The molecule has 172 valence electrons. The third-order valence-corrected chi connectivity index (χ3v) is 6.17. The van der Waals surface area contributed by atoms with Gasteiger partial charge in [0.1, 0.15) is 16.5 Å². The van der Waals surface area contributed by atoms with Gasteiger partial charge >= 0.3 is 12.3 Å². The van der Waals surface area contributed by atoms with E-state index in [1.165, 1.54) is 23.5 Å². The van der Waals surface area contributed by atoms with Gasteiger partial charge in [-0.15, -0.1) is 24.5 Å². The van der Waals surface area contributed by atoms with Crippen molar-refractivity contribution in [2.24, 2.45) is 0 Å². The highest BCUT2D eigenvalue weighted by atomic mass is 32.1. The number of rotatable bonds is 8. The molecular formula is C23H19F3N2O4S. The molecule has 0 atom stereocenters. The normalized spacial score (nSPS) is 11.6. The number of aliphatic carboxylic acids is 1. The third kappa shape index (κ3) is 5.64. The summed E-state index contributed by atoms with van der Waals surface area (Å²) >= 11 is 1.46. The molecule has 0 fully saturated rings. The van der Waals surface area contributed by atoms with E-state index in [1.54, 1.807) is 24.4 Å². The van der Waals surface area contributed by atoms with Crippen molar-refractivity contribution < 1.29 is 32.5 Å². The molecule has 4 aromatic rings. The first kappa shape index (κ1) is 22.7. The van der Waals surface area contributed by atoms with Crippen LogP contribution in [-0.4, -0.2) is 34.0 Å². The largest absolute Gasteiger partial charge is 0.573 e. The molecule has 0 saturated carbocycles.